The van der Waals surface area contributed by atoms with Crippen LogP contribution in [0.15, 0.2) is 41.5 Å². The van der Waals surface area contributed by atoms with Crippen LogP contribution in [0.2, 0.25) is 0 Å². The van der Waals surface area contributed by atoms with Crippen LogP contribution in [0.4, 0.5) is 0 Å². The van der Waals surface area contributed by atoms with Gasteiger partial charge in [-0.1, -0.05) is 6.07 Å². The zero-order chi connectivity index (χ0) is 19.7. The van der Waals surface area contributed by atoms with E-state index in [9.17, 15) is 4.79 Å². The number of fused-ring (bicyclic) bond motifs is 2. The minimum atomic E-state index is -0.335. The zero-order valence-corrected chi connectivity index (χ0v) is 16.5. The average Bonchev–Trinajstić information content (AvgIpc) is 3.20. The highest BCUT2D eigenvalue weighted by Crippen LogP contribution is 2.29. The van der Waals surface area contributed by atoms with Gasteiger partial charge in [0.05, 0.1) is 19.4 Å². The fourth-order valence-electron chi connectivity index (χ4n) is 2.78. The third-order valence-electron chi connectivity index (χ3n) is 3.99. The average molecular weight is 401 g/mol. The molecule has 0 aliphatic carbocycles. The van der Waals surface area contributed by atoms with Crippen LogP contribution in [-0.2, 0) is 4.18 Å². The molecule has 0 atom stereocenters. The maximum atomic E-state index is 12.9. The summed E-state index contributed by atoms with van der Waals surface area (Å²) in [6, 6.07) is 7.28. The maximum Gasteiger partial charge on any atom is 0.356 e. The van der Waals surface area contributed by atoms with Crippen LogP contribution < -0.4 is 14.6 Å². The fourth-order valence-corrected chi connectivity index (χ4v) is 3.15. The Labute approximate surface area is 164 Å². The summed E-state index contributed by atoms with van der Waals surface area (Å²) >= 11 is 0.817. The molecule has 0 amide bonds. The zero-order valence-electron chi connectivity index (χ0n) is 15.7. The molecule has 28 heavy (non-hydrogen) atoms. The third-order valence-corrected chi connectivity index (χ3v) is 4.54. The number of aromatic nitrogens is 5. The van der Waals surface area contributed by atoms with Crippen molar-refractivity contribution in [1.29, 1.82) is 0 Å². The Hall–Kier alpha value is -2.98. The highest BCUT2D eigenvalue weighted by molar-refractivity contribution is 7.90. The molecule has 0 radical (unpaired) electrons. The molecule has 4 rings (SSSR count). The van der Waals surface area contributed by atoms with Crippen molar-refractivity contribution in [3.05, 3.63) is 52.7 Å². The lowest BCUT2D eigenvalue weighted by molar-refractivity contribution is 0.337. The lowest BCUT2D eigenvalue weighted by Crippen LogP contribution is -2.20. The molecule has 4 aromatic heterocycles. The monoisotopic (exact) mass is 401 g/mol. The fraction of sp³-hybridized carbons (Fsp3) is 0.278. The second-order valence-electron chi connectivity index (χ2n) is 5.95. The van der Waals surface area contributed by atoms with Gasteiger partial charge in [-0.05, 0) is 44.5 Å². The van der Waals surface area contributed by atoms with Gasteiger partial charge in [0, 0.05) is 6.20 Å². The number of ether oxygens (including phenoxy) is 1. The molecule has 9 nitrogen and oxygen atoms in total. The summed E-state index contributed by atoms with van der Waals surface area (Å²) in [4.78, 5) is 17.4. The minimum Gasteiger partial charge on any atom is -0.492 e. The van der Waals surface area contributed by atoms with Gasteiger partial charge < -0.3 is 8.92 Å². The predicted octanol–water partition coefficient (Wildman–Crippen LogP) is 2.82. The van der Waals surface area contributed by atoms with Crippen molar-refractivity contribution in [2.75, 3.05) is 13.2 Å². The Morgan fingerprint density at radius 2 is 1.86 bits per heavy atom. The standard InChI is InChI=1S/C18H19N5O4S/c1-4-25-13-7-9-14-19-16(17(21(14)11-13)27-28-26-5-2)23-18(24)22-10-12(3)6-8-15(22)20-23/h6-11H,4-5H2,1-3H3. The molecule has 0 bridgehead atoms. The highest BCUT2D eigenvalue weighted by atomic mass is 32.2. The molecule has 0 N–H and O–H groups in total. The van der Waals surface area contributed by atoms with Crippen LogP contribution in [0, 0.1) is 6.92 Å². The van der Waals surface area contributed by atoms with E-state index in [1.54, 1.807) is 28.9 Å². The minimum absolute atomic E-state index is 0.271. The van der Waals surface area contributed by atoms with Crippen molar-refractivity contribution in [1.82, 2.24) is 23.6 Å². The molecule has 4 aromatic rings. The molecule has 0 fully saturated rings. The molecule has 0 unspecified atom stereocenters. The Kier molecular flexibility index (Phi) is 4.97. The van der Waals surface area contributed by atoms with E-state index in [0.717, 1.165) is 17.9 Å². The first-order chi connectivity index (χ1) is 13.6. The van der Waals surface area contributed by atoms with Gasteiger partial charge in [-0.15, -0.1) is 5.10 Å². The summed E-state index contributed by atoms with van der Waals surface area (Å²) < 4.78 is 20.9. The summed E-state index contributed by atoms with van der Waals surface area (Å²) in [7, 11) is 0. The Morgan fingerprint density at radius 3 is 2.64 bits per heavy atom. The highest BCUT2D eigenvalue weighted by Gasteiger charge is 2.21. The van der Waals surface area contributed by atoms with Gasteiger partial charge in [0.2, 0.25) is 18.1 Å². The van der Waals surface area contributed by atoms with Gasteiger partial charge in [-0.2, -0.15) is 4.68 Å². The van der Waals surface area contributed by atoms with E-state index in [1.165, 1.54) is 9.08 Å². The number of hydrogen-bond donors (Lipinski definition) is 0. The summed E-state index contributed by atoms with van der Waals surface area (Å²) in [5, 5.41) is 4.40. The van der Waals surface area contributed by atoms with Crippen LogP contribution in [-0.4, -0.2) is 36.8 Å². The van der Waals surface area contributed by atoms with Crippen molar-refractivity contribution in [3.8, 4) is 17.4 Å². The molecule has 10 heteroatoms. The van der Waals surface area contributed by atoms with Crippen molar-refractivity contribution < 1.29 is 13.1 Å². The van der Waals surface area contributed by atoms with Gasteiger partial charge in [-0.25, -0.2) is 14.2 Å². The van der Waals surface area contributed by atoms with E-state index in [-0.39, 0.29) is 11.5 Å². The summed E-state index contributed by atoms with van der Waals surface area (Å²) in [6.07, 6.45) is 3.49. The molecular formula is C18H19N5O4S. The molecule has 0 saturated heterocycles. The first-order valence-electron chi connectivity index (χ1n) is 8.81. The normalized spacial score (nSPS) is 11.4. The molecule has 0 aliphatic rings. The van der Waals surface area contributed by atoms with Crippen LogP contribution >= 0.6 is 12.3 Å². The van der Waals surface area contributed by atoms with Crippen molar-refractivity contribution in [2.24, 2.45) is 0 Å². The van der Waals surface area contributed by atoms with E-state index in [4.69, 9.17) is 13.1 Å². The Bertz CT molecular complexity index is 1200. The number of pyridine rings is 2. The number of rotatable bonds is 7. The SMILES string of the molecule is CCOSOc1c(-n2nc3ccc(C)cn3c2=O)nc2ccc(OCC)cn12. The first kappa shape index (κ1) is 18.4. The van der Waals surface area contributed by atoms with Crippen LogP contribution in [0.3, 0.4) is 0 Å². The van der Waals surface area contributed by atoms with Crippen LogP contribution in [0.1, 0.15) is 19.4 Å². The van der Waals surface area contributed by atoms with Gasteiger partial charge in [0.25, 0.3) is 5.88 Å². The van der Waals surface area contributed by atoms with E-state index in [0.29, 0.717) is 36.1 Å². The smallest absolute Gasteiger partial charge is 0.356 e. The number of aryl methyl sites for hydroxylation is 1. The number of imidazole rings is 1. The van der Waals surface area contributed by atoms with E-state index in [1.807, 2.05) is 32.9 Å². The summed E-state index contributed by atoms with van der Waals surface area (Å²) in [5.41, 5.74) is 1.73. The number of hydrogen-bond acceptors (Lipinski definition) is 7. The number of nitrogens with zero attached hydrogens (tertiary/aromatic N) is 5. The topological polar surface area (TPSA) is 84.3 Å². The maximum absolute atomic E-state index is 12.9. The van der Waals surface area contributed by atoms with Gasteiger partial charge >= 0.3 is 5.69 Å². The van der Waals surface area contributed by atoms with Gasteiger partial charge in [0.15, 0.2) is 5.65 Å². The first-order valence-corrected chi connectivity index (χ1v) is 9.48. The Morgan fingerprint density at radius 1 is 1.04 bits per heavy atom. The van der Waals surface area contributed by atoms with Gasteiger partial charge in [0.1, 0.15) is 11.4 Å². The van der Waals surface area contributed by atoms with Crippen molar-refractivity contribution >= 4 is 23.6 Å². The molecule has 0 aromatic carbocycles. The predicted molar refractivity (Wildman–Crippen MR) is 105 cm³/mol. The van der Waals surface area contributed by atoms with E-state index in [2.05, 4.69) is 10.1 Å². The summed E-state index contributed by atoms with van der Waals surface area (Å²) in [6.45, 7) is 6.67. The van der Waals surface area contributed by atoms with E-state index >= 15 is 0 Å². The molecule has 4 heterocycles. The van der Waals surface area contributed by atoms with Crippen molar-refractivity contribution in [3.63, 3.8) is 0 Å². The molecule has 0 spiro atoms. The molecular weight excluding hydrogens is 382 g/mol. The van der Waals surface area contributed by atoms with Gasteiger partial charge in [-0.3, -0.25) is 8.58 Å². The lowest BCUT2D eigenvalue weighted by atomic mass is 10.3. The second-order valence-corrected chi connectivity index (χ2v) is 6.49. The van der Waals surface area contributed by atoms with E-state index < -0.39 is 0 Å². The Balaban J connectivity index is 1.91. The molecule has 0 saturated carbocycles. The van der Waals surface area contributed by atoms with Crippen LogP contribution in [0.5, 0.6) is 11.6 Å². The molecule has 0 aliphatic heterocycles. The van der Waals surface area contributed by atoms with Crippen LogP contribution in [0.25, 0.3) is 17.1 Å². The lowest BCUT2D eigenvalue weighted by Gasteiger charge is -2.06. The molecule has 146 valence electrons. The largest absolute Gasteiger partial charge is 0.492 e. The third kappa shape index (κ3) is 3.20. The quantitative estimate of drug-likeness (QED) is 0.348. The van der Waals surface area contributed by atoms with Crippen molar-refractivity contribution in [2.45, 2.75) is 20.8 Å². The summed E-state index contributed by atoms with van der Waals surface area (Å²) in [5.74, 6) is 1.24. The second kappa shape index (κ2) is 7.56.